The third-order valence-corrected chi connectivity index (χ3v) is 5.57. The normalized spacial score (nSPS) is 18.4. The van der Waals surface area contributed by atoms with E-state index in [1.807, 2.05) is 6.92 Å². The van der Waals surface area contributed by atoms with E-state index in [1.54, 1.807) is 12.1 Å². The molecule has 2 N–H and O–H groups in total. The number of nitrogens with zero attached hydrogens (tertiary/aromatic N) is 2. The fourth-order valence-electron chi connectivity index (χ4n) is 3.58. The highest BCUT2D eigenvalue weighted by Crippen LogP contribution is 2.39. The van der Waals surface area contributed by atoms with Crippen molar-refractivity contribution in [3.05, 3.63) is 12.1 Å². The van der Waals surface area contributed by atoms with Crippen molar-refractivity contribution in [2.24, 2.45) is 0 Å². The Balaban J connectivity index is 1.49. The summed E-state index contributed by atoms with van der Waals surface area (Å²) in [5, 5.41) is 5.96. The summed E-state index contributed by atoms with van der Waals surface area (Å²) in [6, 6.07) is 3.65. The van der Waals surface area contributed by atoms with Crippen LogP contribution in [0.1, 0.15) is 19.8 Å². The second-order valence-corrected chi connectivity index (χ2v) is 7.73. The molecular formula is C21H32N4O5. The van der Waals surface area contributed by atoms with Crippen molar-refractivity contribution in [2.45, 2.75) is 31.8 Å². The third kappa shape index (κ3) is 5.54. The van der Waals surface area contributed by atoms with Gasteiger partial charge in [-0.15, -0.1) is 0 Å². The van der Waals surface area contributed by atoms with E-state index in [2.05, 4.69) is 20.4 Å². The zero-order valence-corrected chi connectivity index (χ0v) is 18.2. The molecule has 9 nitrogen and oxygen atoms in total. The third-order valence-electron chi connectivity index (χ3n) is 5.57. The number of rotatable bonds is 9. The van der Waals surface area contributed by atoms with Gasteiger partial charge in [-0.25, -0.2) is 0 Å². The van der Waals surface area contributed by atoms with E-state index in [0.717, 1.165) is 39.0 Å². The van der Waals surface area contributed by atoms with Crippen molar-refractivity contribution in [3.8, 4) is 17.2 Å². The number of anilines is 1. The standard InChI is InChI=1S/C21H32N4O5/c1-14(21(27)23-15-5-6-15)25-9-7-24(8-10-25)13-19(26)22-16-11-17(28-2)20(30-4)18(12-16)29-3/h11-12,14-15H,5-10,13H2,1-4H3,(H,22,26)(H,23,27)/t14-/m1/s1. The van der Waals surface area contributed by atoms with Gasteiger partial charge in [0.15, 0.2) is 11.5 Å². The van der Waals surface area contributed by atoms with Gasteiger partial charge in [-0.1, -0.05) is 0 Å². The van der Waals surface area contributed by atoms with E-state index in [1.165, 1.54) is 21.3 Å². The van der Waals surface area contributed by atoms with Crippen molar-refractivity contribution in [1.82, 2.24) is 15.1 Å². The molecule has 30 heavy (non-hydrogen) atoms. The fourth-order valence-corrected chi connectivity index (χ4v) is 3.58. The Hall–Kier alpha value is -2.52. The Kier molecular flexibility index (Phi) is 7.38. The van der Waals surface area contributed by atoms with Gasteiger partial charge in [0.1, 0.15) is 0 Å². The molecule has 0 bridgehead atoms. The molecule has 166 valence electrons. The van der Waals surface area contributed by atoms with Gasteiger partial charge in [0.05, 0.1) is 33.9 Å². The monoisotopic (exact) mass is 420 g/mol. The SMILES string of the molecule is COc1cc(NC(=O)CN2CCN([C@H](C)C(=O)NC3CC3)CC2)cc(OC)c1OC. The van der Waals surface area contributed by atoms with Crippen LogP contribution in [0.3, 0.4) is 0 Å². The maximum absolute atomic E-state index is 12.5. The number of ether oxygens (including phenoxy) is 3. The van der Waals surface area contributed by atoms with E-state index in [9.17, 15) is 9.59 Å². The molecule has 1 saturated carbocycles. The predicted octanol–water partition coefficient (Wildman–Crippen LogP) is 0.936. The largest absolute Gasteiger partial charge is 0.493 e. The molecule has 0 unspecified atom stereocenters. The summed E-state index contributed by atoms with van der Waals surface area (Å²) in [5.74, 6) is 1.44. The highest BCUT2D eigenvalue weighted by Gasteiger charge is 2.30. The number of hydrogen-bond acceptors (Lipinski definition) is 7. The van der Waals surface area contributed by atoms with Gasteiger partial charge < -0.3 is 24.8 Å². The first-order valence-corrected chi connectivity index (χ1v) is 10.3. The Bertz CT molecular complexity index is 735. The topological polar surface area (TPSA) is 92.4 Å². The molecule has 0 aromatic heterocycles. The number of nitrogens with one attached hydrogen (secondary N) is 2. The van der Waals surface area contributed by atoms with Gasteiger partial charge >= 0.3 is 0 Å². The first-order chi connectivity index (χ1) is 14.4. The van der Waals surface area contributed by atoms with Gasteiger partial charge in [-0.2, -0.15) is 0 Å². The average Bonchev–Trinajstić information content (AvgIpc) is 3.56. The molecule has 3 rings (SSSR count). The minimum absolute atomic E-state index is 0.103. The van der Waals surface area contributed by atoms with Gasteiger partial charge in [0, 0.05) is 50.0 Å². The Morgan fingerprint density at radius 3 is 2.13 bits per heavy atom. The number of carbonyl (C=O) groups excluding carboxylic acids is 2. The summed E-state index contributed by atoms with van der Waals surface area (Å²) in [6.07, 6.45) is 2.18. The zero-order chi connectivity index (χ0) is 21.7. The van der Waals surface area contributed by atoms with E-state index >= 15 is 0 Å². The number of benzene rings is 1. The van der Waals surface area contributed by atoms with Crippen LogP contribution in [-0.4, -0.2) is 87.8 Å². The van der Waals surface area contributed by atoms with Crippen molar-refractivity contribution in [2.75, 3.05) is 59.4 Å². The van der Waals surface area contributed by atoms with Crippen molar-refractivity contribution >= 4 is 17.5 Å². The van der Waals surface area contributed by atoms with Crippen LogP contribution in [0, 0.1) is 0 Å². The molecule has 1 aromatic rings. The lowest BCUT2D eigenvalue weighted by Crippen LogP contribution is -2.55. The van der Waals surface area contributed by atoms with Crippen LogP contribution in [0.2, 0.25) is 0 Å². The molecule has 9 heteroatoms. The van der Waals surface area contributed by atoms with E-state index < -0.39 is 0 Å². The summed E-state index contributed by atoms with van der Waals surface area (Å²) in [6.45, 7) is 5.23. The van der Waals surface area contributed by atoms with Crippen LogP contribution >= 0.6 is 0 Å². The quantitative estimate of drug-likeness (QED) is 0.614. The van der Waals surface area contributed by atoms with Crippen LogP contribution in [0.15, 0.2) is 12.1 Å². The molecule has 1 aromatic carbocycles. The number of amides is 2. The Labute approximate surface area is 177 Å². The molecule has 1 heterocycles. The van der Waals surface area contributed by atoms with E-state index in [-0.39, 0.29) is 24.4 Å². The lowest BCUT2D eigenvalue weighted by molar-refractivity contribution is -0.127. The van der Waals surface area contributed by atoms with Crippen molar-refractivity contribution < 1.29 is 23.8 Å². The lowest BCUT2D eigenvalue weighted by Gasteiger charge is -2.37. The van der Waals surface area contributed by atoms with Crippen molar-refractivity contribution in [3.63, 3.8) is 0 Å². The zero-order valence-electron chi connectivity index (χ0n) is 18.2. The molecular weight excluding hydrogens is 388 g/mol. The van der Waals surface area contributed by atoms with Crippen LogP contribution in [-0.2, 0) is 9.59 Å². The summed E-state index contributed by atoms with van der Waals surface area (Å²) in [4.78, 5) is 29.1. The van der Waals surface area contributed by atoms with Gasteiger partial charge in [0.2, 0.25) is 17.6 Å². The average molecular weight is 421 g/mol. The molecule has 1 aliphatic heterocycles. The maximum Gasteiger partial charge on any atom is 0.238 e. The minimum Gasteiger partial charge on any atom is -0.493 e. The predicted molar refractivity (Wildman–Crippen MR) is 113 cm³/mol. The van der Waals surface area contributed by atoms with E-state index in [4.69, 9.17) is 14.2 Å². The van der Waals surface area contributed by atoms with Crippen LogP contribution in [0.25, 0.3) is 0 Å². The van der Waals surface area contributed by atoms with Crippen LogP contribution < -0.4 is 24.8 Å². The lowest BCUT2D eigenvalue weighted by atomic mass is 10.2. The molecule has 1 atom stereocenters. The van der Waals surface area contributed by atoms with Crippen LogP contribution in [0.5, 0.6) is 17.2 Å². The maximum atomic E-state index is 12.5. The fraction of sp³-hybridized carbons (Fsp3) is 0.619. The summed E-state index contributed by atoms with van der Waals surface area (Å²) < 4.78 is 16.0. The molecule has 1 aliphatic carbocycles. The molecule has 0 radical (unpaired) electrons. The molecule has 2 amide bonds. The Morgan fingerprint density at radius 1 is 1.03 bits per heavy atom. The summed E-state index contributed by atoms with van der Waals surface area (Å²) in [7, 11) is 4.61. The van der Waals surface area contributed by atoms with Gasteiger partial charge in [-0.05, 0) is 19.8 Å². The summed E-state index contributed by atoms with van der Waals surface area (Å²) >= 11 is 0. The molecule has 0 spiro atoms. The molecule has 2 aliphatic rings. The van der Waals surface area contributed by atoms with Gasteiger partial charge in [-0.3, -0.25) is 19.4 Å². The number of methoxy groups -OCH3 is 3. The smallest absolute Gasteiger partial charge is 0.238 e. The highest BCUT2D eigenvalue weighted by atomic mass is 16.5. The van der Waals surface area contributed by atoms with Crippen LogP contribution in [0.4, 0.5) is 5.69 Å². The number of carbonyl (C=O) groups is 2. The molecule has 1 saturated heterocycles. The van der Waals surface area contributed by atoms with E-state index in [0.29, 0.717) is 29.0 Å². The minimum atomic E-state index is -0.138. The van der Waals surface area contributed by atoms with Gasteiger partial charge in [0.25, 0.3) is 0 Å². The second-order valence-electron chi connectivity index (χ2n) is 7.73. The first-order valence-electron chi connectivity index (χ1n) is 10.3. The first kappa shape index (κ1) is 22.2. The summed E-state index contributed by atoms with van der Waals surface area (Å²) in [5.41, 5.74) is 0.582. The highest BCUT2D eigenvalue weighted by molar-refractivity contribution is 5.93. The number of hydrogen-bond donors (Lipinski definition) is 2. The number of piperazine rings is 1. The Morgan fingerprint density at radius 2 is 1.63 bits per heavy atom. The molecule has 2 fully saturated rings. The second kappa shape index (κ2) is 9.99. The van der Waals surface area contributed by atoms with Crippen molar-refractivity contribution in [1.29, 1.82) is 0 Å².